The van der Waals surface area contributed by atoms with E-state index in [1.165, 1.54) is 10.5 Å². The highest BCUT2D eigenvalue weighted by atomic mass is 35.5. The van der Waals surface area contributed by atoms with Crippen LogP contribution in [0.1, 0.15) is 24.1 Å². The highest BCUT2D eigenvalue weighted by Crippen LogP contribution is 2.32. The van der Waals surface area contributed by atoms with Gasteiger partial charge < -0.3 is 24.6 Å². The van der Waals surface area contributed by atoms with E-state index in [9.17, 15) is 4.79 Å². The number of nitrogens with two attached hydrogens (primary N) is 1. The van der Waals surface area contributed by atoms with Crippen LogP contribution >= 0.6 is 11.6 Å². The second-order valence-corrected chi connectivity index (χ2v) is 8.22. The molecule has 2 heterocycles. The first-order valence-corrected chi connectivity index (χ1v) is 10.5. The molecule has 0 aliphatic carbocycles. The fraction of sp³-hybridized carbons (Fsp3) is 0.409. The summed E-state index contributed by atoms with van der Waals surface area (Å²) in [6.45, 7) is 7.35. The van der Waals surface area contributed by atoms with Crippen molar-refractivity contribution in [1.82, 2.24) is 4.90 Å². The lowest BCUT2D eigenvalue weighted by Gasteiger charge is -2.32. The van der Waals surface area contributed by atoms with Crippen molar-refractivity contribution in [1.29, 1.82) is 0 Å². The second-order valence-electron chi connectivity index (χ2n) is 7.78. The molecule has 6 nitrogen and oxygen atoms in total. The number of piperazine rings is 1. The Morgan fingerprint density at radius 3 is 2.76 bits per heavy atom. The topological polar surface area (TPSA) is 59.8 Å². The molecule has 2 aromatic carbocycles. The molecule has 1 atom stereocenters. The molecule has 1 saturated heterocycles. The number of benzene rings is 2. The molecule has 0 spiro atoms. The molecule has 0 aromatic heterocycles. The standard InChI is InChI=1S/C22H26ClN3O3/c1-16(18-3-2-4-19(23)12-18)24-13-22(27)26-9-7-25(8-10-26)14-17-5-6-20-21(11-17)29-15-28-20/h2-6,11-12,16,24H,7-10,13-15H2,1H3/p+2/t16-/m1/s1. The molecular formula is C22H28ClN3O3+2. The van der Waals surface area contributed by atoms with E-state index in [2.05, 4.69) is 30.4 Å². The zero-order valence-electron chi connectivity index (χ0n) is 16.7. The number of quaternary nitrogens is 2. The van der Waals surface area contributed by atoms with Crippen molar-refractivity contribution in [2.75, 3.05) is 39.5 Å². The third kappa shape index (κ3) is 5.01. The highest BCUT2D eigenvalue weighted by molar-refractivity contribution is 6.30. The van der Waals surface area contributed by atoms with E-state index in [-0.39, 0.29) is 11.9 Å². The van der Waals surface area contributed by atoms with Gasteiger partial charge in [-0.15, -0.1) is 0 Å². The van der Waals surface area contributed by atoms with Crippen LogP contribution in [-0.2, 0) is 11.3 Å². The molecule has 3 N–H and O–H groups in total. The molecule has 0 unspecified atom stereocenters. The number of rotatable bonds is 6. The average Bonchev–Trinajstić information content (AvgIpc) is 3.20. The lowest BCUT2D eigenvalue weighted by Crippen LogP contribution is -3.13. The maximum absolute atomic E-state index is 12.6. The van der Waals surface area contributed by atoms with Gasteiger partial charge in [-0.2, -0.15) is 0 Å². The summed E-state index contributed by atoms with van der Waals surface area (Å²) in [5, 5.41) is 2.82. The number of halogens is 1. The molecule has 2 aliphatic heterocycles. The normalized spacial score (nSPS) is 17.4. The quantitative estimate of drug-likeness (QED) is 0.724. The fourth-order valence-electron chi connectivity index (χ4n) is 3.92. The van der Waals surface area contributed by atoms with Crippen molar-refractivity contribution >= 4 is 17.5 Å². The van der Waals surface area contributed by atoms with E-state index in [0.29, 0.717) is 13.3 Å². The number of carbonyl (C=O) groups excluding carboxylic acids is 1. The van der Waals surface area contributed by atoms with E-state index in [1.54, 1.807) is 0 Å². The summed E-state index contributed by atoms with van der Waals surface area (Å²) in [6, 6.07) is 14.2. The predicted octanol–water partition coefficient (Wildman–Crippen LogP) is 0.620. The third-order valence-corrected chi connectivity index (χ3v) is 5.97. The summed E-state index contributed by atoms with van der Waals surface area (Å²) in [7, 11) is 0. The van der Waals surface area contributed by atoms with E-state index < -0.39 is 0 Å². The van der Waals surface area contributed by atoms with Crippen LogP contribution in [0, 0.1) is 0 Å². The summed E-state index contributed by atoms with van der Waals surface area (Å²) < 4.78 is 10.8. The Morgan fingerprint density at radius 1 is 1.17 bits per heavy atom. The monoisotopic (exact) mass is 417 g/mol. The van der Waals surface area contributed by atoms with Crippen LogP contribution in [0.5, 0.6) is 11.5 Å². The van der Waals surface area contributed by atoms with Crippen molar-refractivity contribution in [3.05, 3.63) is 58.6 Å². The third-order valence-electron chi connectivity index (χ3n) is 5.73. The van der Waals surface area contributed by atoms with Crippen LogP contribution in [0.2, 0.25) is 5.02 Å². The van der Waals surface area contributed by atoms with E-state index in [0.717, 1.165) is 54.8 Å². The molecule has 0 saturated carbocycles. The molecule has 7 heteroatoms. The molecule has 2 aromatic rings. The van der Waals surface area contributed by atoms with Gasteiger partial charge in [-0.05, 0) is 37.3 Å². The molecule has 29 heavy (non-hydrogen) atoms. The Morgan fingerprint density at radius 2 is 1.97 bits per heavy atom. The first-order chi connectivity index (χ1) is 14.1. The molecule has 0 radical (unpaired) electrons. The van der Waals surface area contributed by atoms with Crippen molar-refractivity contribution in [3.63, 3.8) is 0 Å². The maximum Gasteiger partial charge on any atom is 0.278 e. The van der Waals surface area contributed by atoms with Gasteiger partial charge in [0.05, 0.1) is 26.2 Å². The minimum Gasteiger partial charge on any atom is -0.454 e. The number of hydrogen-bond donors (Lipinski definition) is 2. The van der Waals surface area contributed by atoms with E-state index >= 15 is 0 Å². The minimum absolute atomic E-state index is 0.204. The number of carbonyl (C=O) groups is 1. The lowest BCUT2D eigenvalue weighted by molar-refractivity contribution is -0.917. The van der Waals surface area contributed by atoms with Crippen LogP contribution in [-0.4, -0.2) is 50.3 Å². The molecule has 4 rings (SSSR count). The number of fused-ring (bicyclic) bond motifs is 1. The summed E-state index contributed by atoms with van der Waals surface area (Å²) >= 11 is 6.07. The van der Waals surface area contributed by atoms with Gasteiger partial charge in [0.2, 0.25) is 6.79 Å². The van der Waals surface area contributed by atoms with Gasteiger partial charge in [-0.3, -0.25) is 4.79 Å². The first-order valence-electron chi connectivity index (χ1n) is 10.2. The number of amides is 1. The molecule has 1 amide bonds. The number of nitrogens with one attached hydrogen (secondary N) is 1. The zero-order chi connectivity index (χ0) is 20.2. The van der Waals surface area contributed by atoms with Crippen molar-refractivity contribution in [3.8, 4) is 11.5 Å². The zero-order valence-corrected chi connectivity index (χ0v) is 17.5. The molecular weight excluding hydrogens is 390 g/mol. The predicted molar refractivity (Wildman–Crippen MR) is 110 cm³/mol. The molecule has 0 bridgehead atoms. The van der Waals surface area contributed by atoms with Crippen LogP contribution in [0.3, 0.4) is 0 Å². The largest absolute Gasteiger partial charge is 0.454 e. The summed E-state index contributed by atoms with van der Waals surface area (Å²) in [4.78, 5) is 16.1. The fourth-order valence-corrected chi connectivity index (χ4v) is 4.12. The Bertz CT molecular complexity index is 868. The molecule has 1 fully saturated rings. The highest BCUT2D eigenvalue weighted by Gasteiger charge is 2.25. The van der Waals surface area contributed by atoms with Crippen molar-refractivity contribution in [2.45, 2.75) is 19.5 Å². The number of hydrogen-bond acceptors (Lipinski definition) is 3. The maximum atomic E-state index is 12.6. The summed E-state index contributed by atoms with van der Waals surface area (Å²) in [5.41, 5.74) is 2.39. The smallest absolute Gasteiger partial charge is 0.278 e. The number of nitrogens with zero attached hydrogens (tertiary/aromatic N) is 1. The Hall–Kier alpha value is -2.28. The van der Waals surface area contributed by atoms with Gasteiger partial charge >= 0.3 is 0 Å². The first kappa shape index (κ1) is 20.0. The Balaban J connectivity index is 1.22. The minimum atomic E-state index is 0.204. The van der Waals surface area contributed by atoms with E-state index in [4.69, 9.17) is 21.1 Å². The Labute approximate surface area is 176 Å². The van der Waals surface area contributed by atoms with Gasteiger partial charge in [-0.25, -0.2) is 0 Å². The van der Waals surface area contributed by atoms with Gasteiger partial charge in [0.25, 0.3) is 5.91 Å². The summed E-state index contributed by atoms with van der Waals surface area (Å²) in [5.74, 6) is 1.86. The van der Waals surface area contributed by atoms with Crippen molar-refractivity contribution < 1.29 is 24.5 Å². The lowest BCUT2D eigenvalue weighted by atomic mass is 10.1. The van der Waals surface area contributed by atoms with Crippen LogP contribution in [0.4, 0.5) is 0 Å². The summed E-state index contributed by atoms with van der Waals surface area (Å²) in [6.07, 6.45) is 0. The second kappa shape index (κ2) is 9.03. The van der Waals surface area contributed by atoms with E-state index in [1.807, 2.05) is 29.2 Å². The van der Waals surface area contributed by atoms with Crippen LogP contribution in [0.15, 0.2) is 42.5 Å². The van der Waals surface area contributed by atoms with Crippen LogP contribution in [0.25, 0.3) is 0 Å². The van der Waals surface area contributed by atoms with Gasteiger partial charge in [0, 0.05) is 16.1 Å². The number of ether oxygens (including phenoxy) is 2. The van der Waals surface area contributed by atoms with Gasteiger partial charge in [-0.1, -0.05) is 23.7 Å². The Kier molecular flexibility index (Phi) is 6.23. The average molecular weight is 418 g/mol. The molecule has 2 aliphatic rings. The SMILES string of the molecule is C[C@@H]([NH2+]CC(=O)N1CC[NH+](Cc2ccc3c(c2)OCO3)CC1)c1cccc(Cl)c1. The molecule has 154 valence electrons. The van der Waals surface area contributed by atoms with Crippen molar-refractivity contribution in [2.24, 2.45) is 0 Å². The van der Waals surface area contributed by atoms with Gasteiger partial charge in [0.15, 0.2) is 18.0 Å². The van der Waals surface area contributed by atoms with Crippen LogP contribution < -0.4 is 19.7 Å². The van der Waals surface area contributed by atoms with Gasteiger partial charge in [0.1, 0.15) is 12.6 Å².